The van der Waals surface area contributed by atoms with Gasteiger partial charge in [0.2, 0.25) is 0 Å². The molecule has 0 spiro atoms. The molecule has 2 heteroatoms. The smallest absolute Gasteiger partial charge is 0.0857 e. The van der Waals surface area contributed by atoms with Gasteiger partial charge in [-0.05, 0) is 19.1 Å². The van der Waals surface area contributed by atoms with Crippen LogP contribution >= 0.6 is 0 Å². The highest BCUT2D eigenvalue weighted by molar-refractivity contribution is 5.37. The molecule has 0 saturated heterocycles. The molecule has 56 valence electrons. The fourth-order valence-electron chi connectivity index (χ4n) is 0.719. The van der Waals surface area contributed by atoms with Gasteiger partial charge in [0, 0.05) is 6.20 Å². The summed E-state index contributed by atoms with van der Waals surface area (Å²) in [5.74, 6) is 0. The van der Waals surface area contributed by atoms with E-state index in [0.29, 0.717) is 0 Å². The van der Waals surface area contributed by atoms with Gasteiger partial charge in [-0.2, -0.15) is 10.2 Å². The second-order valence-corrected chi connectivity index (χ2v) is 2.23. The highest BCUT2D eigenvalue weighted by atomic mass is 15.1. The van der Waals surface area contributed by atoms with E-state index in [9.17, 15) is 0 Å². The highest BCUT2D eigenvalue weighted by Crippen LogP contribution is 2.12. The summed E-state index contributed by atoms with van der Waals surface area (Å²) in [6.07, 6.45) is 1.42. The maximum atomic E-state index is 3.87. The van der Waals surface area contributed by atoms with Crippen LogP contribution in [-0.2, 0) is 0 Å². The molecule has 0 fully saturated rings. The van der Waals surface area contributed by atoms with Crippen molar-refractivity contribution in [2.24, 2.45) is 10.2 Å². The van der Waals surface area contributed by atoms with Gasteiger partial charge in [-0.15, -0.1) is 0 Å². The van der Waals surface area contributed by atoms with E-state index in [1.807, 2.05) is 31.2 Å². The first-order valence-corrected chi connectivity index (χ1v) is 3.41. The Morgan fingerprint density at radius 1 is 1.27 bits per heavy atom. The van der Waals surface area contributed by atoms with Crippen LogP contribution in [0, 0.1) is 6.92 Å². The van der Waals surface area contributed by atoms with Crippen LogP contribution in [-0.4, -0.2) is 0 Å². The Balaban J connectivity index is 2.81. The Bertz CT molecular complexity index is 259. The second-order valence-electron chi connectivity index (χ2n) is 2.23. The van der Waals surface area contributed by atoms with E-state index in [1.165, 1.54) is 11.8 Å². The van der Waals surface area contributed by atoms with Crippen molar-refractivity contribution in [1.82, 2.24) is 0 Å². The predicted octanol–water partition coefficient (Wildman–Crippen LogP) is 3.22. The minimum Gasteiger partial charge on any atom is -0.159 e. The quantitative estimate of drug-likeness (QED) is 0.572. The Morgan fingerprint density at radius 2 is 1.91 bits per heavy atom. The Labute approximate surface area is 66.3 Å². The molecule has 0 bridgehead atoms. The van der Waals surface area contributed by atoms with Crippen LogP contribution in [0.1, 0.15) is 5.56 Å². The van der Waals surface area contributed by atoms with Crippen molar-refractivity contribution >= 4 is 5.69 Å². The third-order valence-corrected chi connectivity index (χ3v) is 1.29. The van der Waals surface area contributed by atoms with Crippen LogP contribution in [0.3, 0.4) is 0 Å². The van der Waals surface area contributed by atoms with Crippen molar-refractivity contribution in [2.75, 3.05) is 0 Å². The van der Waals surface area contributed by atoms with E-state index < -0.39 is 0 Å². The van der Waals surface area contributed by atoms with Gasteiger partial charge in [0.05, 0.1) is 5.69 Å². The average Bonchev–Trinajstić information content (AvgIpc) is 2.04. The monoisotopic (exact) mass is 146 g/mol. The molecule has 0 amide bonds. The first kappa shape index (κ1) is 7.66. The number of azo groups is 1. The third kappa shape index (κ3) is 2.34. The van der Waals surface area contributed by atoms with Crippen LogP contribution < -0.4 is 0 Å². The van der Waals surface area contributed by atoms with Crippen molar-refractivity contribution in [2.45, 2.75) is 6.92 Å². The maximum Gasteiger partial charge on any atom is 0.0857 e. The Hall–Kier alpha value is -1.44. The molecule has 0 radical (unpaired) electrons. The third-order valence-electron chi connectivity index (χ3n) is 1.29. The summed E-state index contributed by atoms with van der Waals surface area (Å²) in [5, 5.41) is 7.53. The van der Waals surface area contributed by atoms with E-state index >= 15 is 0 Å². The van der Waals surface area contributed by atoms with E-state index in [1.54, 1.807) is 0 Å². The number of benzene rings is 1. The van der Waals surface area contributed by atoms with E-state index in [2.05, 4.69) is 16.8 Å². The van der Waals surface area contributed by atoms with E-state index in [4.69, 9.17) is 0 Å². The van der Waals surface area contributed by atoms with Crippen LogP contribution in [0.4, 0.5) is 5.69 Å². The lowest BCUT2D eigenvalue weighted by molar-refractivity contribution is 1.23. The molecule has 0 aromatic heterocycles. The zero-order valence-corrected chi connectivity index (χ0v) is 6.49. The predicted molar refractivity (Wildman–Crippen MR) is 45.9 cm³/mol. The minimum atomic E-state index is 0.857. The molecule has 0 atom stereocenters. The fourth-order valence-corrected chi connectivity index (χ4v) is 0.719. The number of aryl methyl sites for hydroxylation is 1. The van der Waals surface area contributed by atoms with Gasteiger partial charge in [-0.25, -0.2) is 0 Å². The molecule has 0 saturated carbocycles. The number of nitrogens with zero attached hydrogens (tertiary/aromatic N) is 2. The molecule has 1 aromatic rings. The van der Waals surface area contributed by atoms with Crippen LogP contribution in [0.5, 0.6) is 0 Å². The number of hydrogen-bond acceptors (Lipinski definition) is 2. The van der Waals surface area contributed by atoms with E-state index in [-0.39, 0.29) is 0 Å². The summed E-state index contributed by atoms with van der Waals surface area (Å²) in [6, 6.07) is 7.83. The van der Waals surface area contributed by atoms with Crippen molar-refractivity contribution in [3.63, 3.8) is 0 Å². The van der Waals surface area contributed by atoms with Crippen LogP contribution in [0.25, 0.3) is 0 Å². The zero-order chi connectivity index (χ0) is 8.10. The molecule has 0 N–H and O–H groups in total. The van der Waals surface area contributed by atoms with Gasteiger partial charge in [0.15, 0.2) is 0 Å². The largest absolute Gasteiger partial charge is 0.159 e. The Morgan fingerprint density at radius 3 is 2.45 bits per heavy atom. The molecule has 11 heavy (non-hydrogen) atoms. The minimum absolute atomic E-state index is 0.857. The topological polar surface area (TPSA) is 24.7 Å². The first-order valence-electron chi connectivity index (χ1n) is 3.41. The van der Waals surface area contributed by atoms with Gasteiger partial charge < -0.3 is 0 Å². The van der Waals surface area contributed by atoms with Crippen molar-refractivity contribution < 1.29 is 0 Å². The molecule has 0 heterocycles. The molecular weight excluding hydrogens is 136 g/mol. The summed E-state index contributed by atoms with van der Waals surface area (Å²) in [6.45, 7) is 5.47. The molecule has 0 aliphatic rings. The van der Waals surface area contributed by atoms with Crippen molar-refractivity contribution in [3.8, 4) is 0 Å². The number of hydrogen-bond donors (Lipinski definition) is 0. The molecule has 0 aliphatic heterocycles. The standard InChI is InChI=1S/C9H10N2/c1-3-10-11-9-6-4-8(2)5-7-9/h3-7H,1H2,2H3. The summed E-state index contributed by atoms with van der Waals surface area (Å²) in [5.41, 5.74) is 2.08. The van der Waals surface area contributed by atoms with Gasteiger partial charge >= 0.3 is 0 Å². The number of rotatable bonds is 2. The van der Waals surface area contributed by atoms with Gasteiger partial charge in [-0.1, -0.05) is 24.3 Å². The first-order chi connectivity index (χ1) is 5.33. The van der Waals surface area contributed by atoms with E-state index in [0.717, 1.165) is 5.69 Å². The normalized spacial score (nSPS) is 10.3. The fraction of sp³-hybridized carbons (Fsp3) is 0.111. The Kier molecular flexibility index (Phi) is 2.55. The lowest BCUT2D eigenvalue weighted by Crippen LogP contribution is -1.67. The molecule has 1 aromatic carbocycles. The van der Waals surface area contributed by atoms with Crippen LogP contribution in [0.15, 0.2) is 47.3 Å². The van der Waals surface area contributed by atoms with Crippen LogP contribution in [0.2, 0.25) is 0 Å². The van der Waals surface area contributed by atoms with Crippen molar-refractivity contribution in [1.29, 1.82) is 0 Å². The summed E-state index contributed by atoms with van der Waals surface area (Å²) < 4.78 is 0. The highest BCUT2D eigenvalue weighted by Gasteiger charge is 1.85. The van der Waals surface area contributed by atoms with Crippen molar-refractivity contribution in [3.05, 3.63) is 42.6 Å². The summed E-state index contributed by atoms with van der Waals surface area (Å²) in [4.78, 5) is 0. The SMILES string of the molecule is C=CN=Nc1ccc(C)cc1. The molecular formula is C9H10N2. The van der Waals surface area contributed by atoms with Gasteiger partial charge in [0.25, 0.3) is 0 Å². The molecule has 2 nitrogen and oxygen atoms in total. The molecule has 1 rings (SSSR count). The lowest BCUT2D eigenvalue weighted by atomic mass is 10.2. The summed E-state index contributed by atoms with van der Waals surface area (Å²) in [7, 11) is 0. The van der Waals surface area contributed by atoms with Gasteiger partial charge in [-0.3, -0.25) is 0 Å². The molecule has 0 unspecified atom stereocenters. The lowest BCUT2D eigenvalue weighted by Gasteiger charge is -1.91. The molecule has 0 aliphatic carbocycles. The zero-order valence-electron chi connectivity index (χ0n) is 6.49. The maximum absolute atomic E-state index is 3.87. The summed E-state index contributed by atoms with van der Waals surface area (Å²) >= 11 is 0. The second kappa shape index (κ2) is 3.66. The van der Waals surface area contributed by atoms with Gasteiger partial charge in [0.1, 0.15) is 0 Å². The average molecular weight is 146 g/mol.